The second kappa shape index (κ2) is 9.62. The molecule has 1 aromatic carbocycles. The number of pyridine rings is 1. The molecule has 3 aliphatic rings. The summed E-state index contributed by atoms with van der Waals surface area (Å²) in [6.07, 6.45) is 8.46. The quantitative estimate of drug-likeness (QED) is 0.593. The number of carboxylic acids is 1. The van der Waals surface area contributed by atoms with E-state index in [1.165, 1.54) is 48.1 Å². The smallest absolute Gasteiger partial charge is 0.304 e. The Bertz CT molecular complexity index is 956. The van der Waals surface area contributed by atoms with Crippen molar-refractivity contribution in [3.63, 3.8) is 0 Å². The van der Waals surface area contributed by atoms with Gasteiger partial charge in [-0.15, -0.1) is 0 Å². The number of rotatable bonds is 9. The molecule has 2 aromatic rings. The van der Waals surface area contributed by atoms with Crippen LogP contribution in [-0.2, 0) is 17.6 Å². The van der Waals surface area contributed by atoms with Crippen LogP contribution in [0.15, 0.2) is 36.4 Å². The Morgan fingerprint density at radius 3 is 2.97 bits per heavy atom. The van der Waals surface area contributed by atoms with Crippen LogP contribution in [0.2, 0.25) is 0 Å². The number of aromatic nitrogens is 1. The summed E-state index contributed by atoms with van der Waals surface area (Å²) >= 11 is 0. The number of nitrogens with one attached hydrogen (secondary N) is 1. The van der Waals surface area contributed by atoms with Gasteiger partial charge in [-0.1, -0.05) is 30.3 Å². The Morgan fingerprint density at radius 2 is 2.12 bits per heavy atom. The SMILES string of the molecule is O=C(O)C[C@H](CN1CC[C@@H](CCc2ccc3c(n2)NCCC3)C1)c1cccc(C2CC2)c1. The van der Waals surface area contributed by atoms with E-state index in [-0.39, 0.29) is 12.3 Å². The van der Waals surface area contributed by atoms with Crippen LogP contribution >= 0.6 is 0 Å². The Balaban J connectivity index is 1.17. The predicted molar refractivity (Wildman–Crippen MR) is 127 cm³/mol. The molecule has 2 N–H and O–H groups in total. The molecule has 32 heavy (non-hydrogen) atoms. The lowest BCUT2D eigenvalue weighted by Crippen LogP contribution is -2.28. The number of anilines is 1. The van der Waals surface area contributed by atoms with Gasteiger partial charge < -0.3 is 15.3 Å². The van der Waals surface area contributed by atoms with E-state index >= 15 is 0 Å². The van der Waals surface area contributed by atoms with Crippen LogP contribution < -0.4 is 5.32 Å². The molecule has 2 aliphatic heterocycles. The zero-order chi connectivity index (χ0) is 21.9. The highest BCUT2D eigenvalue weighted by Crippen LogP contribution is 2.41. The van der Waals surface area contributed by atoms with E-state index < -0.39 is 5.97 Å². The van der Waals surface area contributed by atoms with Crippen molar-refractivity contribution in [2.75, 3.05) is 31.5 Å². The lowest BCUT2D eigenvalue weighted by molar-refractivity contribution is -0.137. The molecule has 1 aromatic heterocycles. The highest BCUT2D eigenvalue weighted by Gasteiger charge is 2.28. The minimum Gasteiger partial charge on any atom is -0.481 e. The maximum Gasteiger partial charge on any atom is 0.304 e. The number of hydrogen-bond acceptors (Lipinski definition) is 4. The summed E-state index contributed by atoms with van der Waals surface area (Å²) in [5.74, 6) is 1.83. The number of likely N-dealkylation sites (tertiary alicyclic amines) is 1. The molecular formula is C27H35N3O2. The largest absolute Gasteiger partial charge is 0.481 e. The number of nitrogens with zero attached hydrogens (tertiary/aromatic N) is 2. The third-order valence-electron chi connectivity index (χ3n) is 7.46. The van der Waals surface area contributed by atoms with Gasteiger partial charge in [0.05, 0.1) is 6.42 Å². The van der Waals surface area contributed by atoms with Crippen molar-refractivity contribution >= 4 is 11.8 Å². The fourth-order valence-corrected chi connectivity index (χ4v) is 5.47. The predicted octanol–water partition coefficient (Wildman–Crippen LogP) is 4.83. The molecule has 5 nitrogen and oxygen atoms in total. The van der Waals surface area contributed by atoms with Crippen LogP contribution in [-0.4, -0.2) is 47.1 Å². The first-order valence-corrected chi connectivity index (χ1v) is 12.4. The van der Waals surface area contributed by atoms with E-state index in [1.54, 1.807) is 0 Å². The van der Waals surface area contributed by atoms with Gasteiger partial charge in [0.15, 0.2) is 0 Å². The molecule has 0 bridgehead atoms. The number of carboxylic acid groups (broad SMARTS) is 1. The average Bonchev–Trinajstić information content (AvgIpc) is 3.57. The zero-order valence-corrected chi connectivity index (χ0v) is 18.9. The number of benzene rings is 1. The molecule has 0 spiro atoms. The van der Waals surface area contributed by atoms with Gasteiger partial charge >= 0.3 is 5.97 Å². The Kier molecular flexibility index (Phi) is 6.44. The monoisotopic (exact) mass is 433 g/mol. The zero-order valence-electron chi connectivity index (χ0n) is 18.9. The van der Waals surface area contributed by atoms with Crippen molar-refractivity contribution < 1.29 is 9.90 Å². The molecule has 3 heterocycles. The summed E-state index contributed by atoms with van der Waals surface area (Å²) in [6, 6.07) is 13.2. The van der Waals surface area contributed by atoms with Crippen LogP contribution in [0.1, 0.15) is 72.7 Å². The summed E-state index contributed by atoms with van der Waals surface area (Å²) in [4.78, 5) is 18.9. The van der Waals surface area contributed by atoms with Crippen molar-refractivity contribution in [1.29, 1.82) is 0 Å². The Morgan fingerprint density at radius 1 is 1.22 bits per heavy atom. The number of carbonyl (C=O) groups is 1. The average molecular weight is 434 g/mol. The number of fused-ring (bicyclic) bond motifs is 1. The molecule has 5 heteroatoms. The first kappa shape index (κ1) is 21.4. The van der Waals surface area contributed by atoms with E-state index in [4.69, 9.17) is 4.98 Å². The summed E-state index contributed by atoms with van der Waals surface area (Å²) in [6.45, 7) is 4.02. The molecule has 1 saturated heterocycles. The number of hydrogen-bond donors (Lipinski definition) is 2. The van der Waals surface area contributed by atoms with Crippen LogP contribution in [0, 0.1) is 5.92 Å². The summed E-state index contributed by atoms with van der Waals surface area (Å²) < 4.78 is 0. The van der Waals surface area contributed by atoms with Crippen molar-refractivity contribution in [2.45, 2.75) is 63.2 Å². The van der Waals surface area contributed by atoms with E-state index in [9.17, 15) is 9.90 Å². The van der Waals surface area contributed by atoms with E-state index in [2.05, 4.69) is 46.6 Å². The van der Waals surface area contributed by atoms with Crippen molar-refractivity contribution in [1.82, 2.24) is 9.88 Å². The van der Waals surface area contributed by atoms with Gasteiger partial charge in [-0.25, -0.2) is 4.98 Å². The Hall–Kier alpha value is -2.40. The van der Waals surface area contributed by atoms with Gasteiger partial charge in [-0.05, 0) is 86.1 Å². The molecule has 2 atom stereocenters. The molecule has 1 aliphatic carbocycles. The van der Waals surface area contributed by atoms with E-state index in [0.29, 0.717) is 11.8 Å². The van der Waals surface area contributed by atoms with Crippen molar-refractivity contribution in [2.24, 2.45) is 5.92 Å². The molecule has 0 radical (unpaired) electrons. The summed E-state index contributed by atoms with van der Waals surface area (Å²) in [5.41, 5.74) is 5.13. The molecule has 170 valence electrons. The summed E-state index contributed by atoms with van der Waals surface area (Å²) in [7, 11) is 0. The number of aryl methyl sites for hydroxylation is 2. The normalized spacial score (nSPS) is 21.7. The maximum absolute atomic E-state index is 11.6. The second-order valence-corrected chi connectivity index (χ2v) is 10.0. The van der Waals surface area contributed by atoms with Gasteiger partial charge in [-0.2, -0.15) is 0 Å². The van der Waals surface area contributed by atoms with E-state index in [0.717, 1.165) is 51.3 Å². The minimum atomic E-state index is -0.699. The Labute approximate surface area is 191 Å². The van der Waals surface area contributed by atoms with Gasteiger partial charge in [0.25, 0.3) is 0 Å². The molecule has 5 rings (SSSR count). The van der Waals surface area contributed by atoms with Crippen molar-refractivity contribution in [3.8, 4) is 0 Å². The lowest BCUT2D eigenvalue weighted by Gasteiger charge is -2.24. The lowest BCUT2D eigenvalue weighted by atomic mass is 9.92. The van der Waals surface area contributed by atoms with Gasteiger partial charge in [0.2, 0.25) is 0 Å². The standard InChI is InChI=1S/C27H35N3O2/c31-26(32)16-24(23-4-1-3-22(15-23)20-7-8-20)18-30-14-12-19(17-30)6-10-25-11-9-21-5-2-13-28-27(21)29-25/h1,3-4,9,11,15,19-20,24H,2,5-8,10,12-14,16-18H2,(H,28,29)(H,31,32)/t19-,24-/m1/s1. The van der Waals surface area contributed by atoms with Crippen LogP contribution in [0.25, 0.3) is 0 Å². The summed E-state index contributed by atoms with van der Waals surface area (Å²) in [5, 5.41) is 13.0. The third kappa shape index (κ3) is 5.32. The highest BCUT2D eigenvalue weighted by atomic mass is 16.4. The fraction of sp³-hybridized carbons (Fsp3) is 0.556. The topological polar surface area (TPSA) is 65.5 Å². The maximum atomic E-state index is 11.6. The second-order valence-electron chi connectivity index (χ2n) is 10.0. The van der Waals surface area contributed by atoms with Crippen molar-refractivity contribution in [3.05, 3.63) is 58.8 Å². The van der Waals surface area contributed by atoms with Crippen LogP contribution in [0.5, 0.6) is 0 Å². The molecule has 0 unspecified atom stereocenters. The first-order valence-electron chi connectivity index (χ1n) is 12.4. The molecule has 2 fully saturated rings. The first-order chi connectivity index (χ1) is 15.6. The molecular weight excluding hydrogens is 398 g/mol. The minimum absolute atomic E-state index is 0.0679. The highest BCUT2D eigenvalue weighted by molar-refractivity contribution is 5.68. The molecule has 0 amide bonds. The van der Waals surface area contributed by atoms with Gasteiger partial charge in [-0.3, -0.25) is 4.79 Å². The number of aliphatic carboxylic acids is 1. The van der Waals surface area contributed by atoms with Gasteiger partial charge in [0.1, 0.15) is 5.82 Å². The molecule has 1 saturated carbocycles. The van der Waals surface area contributed by atoms with Crippen LogP contribution in [0.4, 0.5) is 5.82 Å². The van der Waals surface area contributed by atoms with Gasteiger partial charge in [0, 0.05) is 31.2 Å². The van der Waals surface area contributed by atoms with E-state index in [1.807, 2.05) is 0 Å². The fourth-order valence-electron chi connectivity index (χ4n) is 5.47. The third-order valence-corrected chi connectivity index (χ3v) is 7.46. The van der Waals surface area contributed by atoms with Crippen LogP contribution in [0.3, 0.4) is 0 Å².